The molecule has 26 heavy (non-hydrogen) atoms. The van der Waals surface area contributed by atoms with E-state index in [2.05, 4.69) is 41.5 Å². The first-order valence-corrected chi connectivity index (χ1v) is 12.5. The first-order valence-electron chi connectivity index (χ1n) is 12.5. The summed E-state index contributed by atoms with van der Waals surface area (Å²) in [5.41, 5.74) is 0.589. The predicted molar refractivity (Wildman–Crippen MR) is 122 cm³/mol. The molecule has 0 aliphatic heterocycles. The van der Waals surface area contributed by atoms with E-state index in [4.69, 9.17) is 0 Å². The van der Waals surface area contributed by atoms with Gasteiger partial charge in [-0.15, -0.1) is 0 Å². The third-order valence-corrected chi connectivity index (χ3v) is 7.04. The van der Waals surface area contributed by atoms with E-state index in [0.29, 0.717) is 5.41 Å². The first-order chi connectivity index (χ1) is 12.5. The summed E-state index contributed by atoms with van der Waals surface area (Å²) < 4.78 is 0. The van der Waals surface area contributed by atoms with E-state index in [1.165, 1.54) is 109 Å². The molecule has 0 amide bonds. The van der Waals surface area contributed by atoms with Crippen molar-refractivity contribution in [2.75, 3.05) is 0 Å². The summed E-state index contributed by atoms with van der Waals surface area (Å²) in [5.74, 6) is 1.65. The van der Waals surface area contributed by atoms with Crippen LogP contribution in [-0.2, 0) is 0 Å². The molecule has 0 aromatic carbocycles. The van der Waals surface area contributed by atoms with Crippen LogP contribution in [0.5, 0.6) is 0 Å². The molecule has 0 bridgehead atoms. The molecular formula is C26H54. The quantitative estimate of drug-likeness (QED) is 0.199. The van der Waals surface area contributed by atoms with Crippen LogP contribution in [0.1, 0.15) is 151 Å². The maximum absolute atomic E-state index is 2.49. The van der Waals surface area contributed by atoms with Crippen LogP contribution >= 0.6 is 0 Å². The van der Waals surface area contributed by atoms with E-state index >= 15 is 0 Å². The molecule has 0 unspecified atom stereocenters. The Hall–Kier alpha value is 0. The van der Waals surface area contributed by atoms with Crippen molar-refractivity contribution in [3.05, 3.63) is 0 Å². The van der Waals surface area contributed by atoms with Crippen molar-refractivity contribution < 1.29 is 0 Å². The van der Waals surface area contributed by atoms with E-state index in [0.717, 1.165) is 11.8 Å². The van der Waals surface area contributed by atoms with Gasteiger partial charge in [-0.05, 0) is 30.1 Å². The molecule has 0 nitrogen and oxygen atoms in total. The summed E-state index contributed by atoms with van der Waals surface area (Å²) in [6.07, 6.45) is 24.6. The molecule has 0 aliphatic rings. The summed E-state index contributed by atoms with van der Waals surface area (Å²) in [4.78, 5) is 0. The maximum atomic E-state index is 2.49. The van der Waals surface area contributed by atoms with Crippen LogP contribution in [0.4, 0.5) is 0 Å². The van der Waals surface area contributed by atoms with Crippen LogP contribution < -0.4 is 0 Å². The minimum Gasteiger partial charge on any atom is -0.0654 e. The molecule has 0 atom stereocenters. The summed E-state index contributed by atoms with van der Waals surface area (Å²) in [6, 6.07) is 0. The van der Waals surface area contributed by atoms with Crippen molar-refractivity contribution >= 4 is 0 Å². The van der Waals surface area contributed by atoms with Crippen LogP contribution in [0.25, 0.3) is 0 Å². The van der Waals surface area contributed by atoms with Crippen LogP contribution in [-0.4, -0.2) is 0 Å². The summed E-state index contributed by atoms with van der Waals surface area (Å²) in [6.45, 7) is 14.6. The molecule has 0 aliphatic carbocycles. The number of hydrogen-bond donors (Lipinski definition) is 0. The highest BCUT2D eigenvalue weighted by atomic mass is 14.4. The van der Waals surface area contributed by atoms with E-state index in [1.54, 1.807) is 0 Å². The van der Waals surface area contributed by atoms with E-state index < -0.39 is 0 Å². The van der Waals surface area contributed by atoms with Gasteiger partial charge >= 0.3 is 0 Å². The maximum Gasteiger partial charge on any atom is -0.0251 e. The summed E-state index contributed by atoms with van der Waals surface area (Å²) in [7, 11) is 0. The van der Waals surface area contributed by atoms with Crippen molar-refractivity contribution in [3.8, 4) is 0 Å². The Labute approximate surface area is 168 Å². The van der Waals surface area contributed by atoms with Gasteiger partial charge in [0.15, 0.2) is 0 Å². The van der Waals surface area contributed by atoms with Crippen LogP contribution in [0.2, 0.25) is 0 Å². The normalized spacial score (nSPS) is 12.5. The van der Waals surface area contributed by atoms with Crippen LogP contribution in [0.3, 0.4) is 0 Å². The lowest BCUT2D eigenvalue weighted by Crippen LogP contribution is -2.33. The lowest BCUT2D eigenvalue weighted by Gasteiger charge is -2.42. The van der Waals surface area contributed by atoms with Gasteiger partial charge in [0.1, 0.15) is 0 Å². The zero-order valence-electron chi connectivity index (χ0n) is 19.7. The van der Waals surface area contributed by atoms with E-state index in [1.807, 2.05) is 0 Å². The Morgan fingerprint density at radius 1 is 0.423 bits per heavy atom. The number of hydrogen-bond acceptors (Lipinski definition) is 0. The summed E-state index contributed by atoms with van der Waals surface area (Å²) in [5, 5.41) is 0. The van der Waals surface area contributed by atoms with Gasteiger partial charge in [-0.2, -0.15) is 0 Å². The molecule has 0 radical (unpaired) electrons. The first kappa shape index (κ1) is 26.0. The second kappa shape index (κ2) is 17.1. The molecule has 0 N–H and O–H groups in total. The highest BCUT2D eigenvalue weighted by Gasteiger charge is 2.35. The fraction of sp³-hybridized carbons (Fsp3) is 1.00. The largest absolute Gasteiger partial charge is 0.0654 e. The Balaban J connectivity index is 4.13. The molecule has 158 valence electrons. The third kappa shape index (κ3) is 11.7. The second-order valence-corrected chi connectivity index (χ2v) is 9.64. The molecule has 0 saturated carbocycles. The number of rotatable bonds is 19. The van der Waals surface area contributed by atoms with Gasteiger partial charge in [0, 0.05) is 0 Å². The molecule has 0 rings (SSSR count). The Morgan fingerprint density at radius 2 is 0.692 bits per heavy atom. The highest BCUT2D eigenvalue weighted by molar-refractivity contribution is 4.85. The van der Waals surface area contributed by atoms with Gasteiger partial charge in [0.05, 0.1) is 0 Å². The molecule has 0 fully saturated rings. The van der Waals surface area contributed by atoms with Gasteiger partial charge < -0.3 is 0 Å². The molecule has 0 aromatic heterocycles. The zero-order valence-corrected chi connectivity index (χ0v) is 19.7. The van der Waals surface area contributed by atoms with Crippen molar-refractivity contribution in [2.24, 2.45) is 17.3 Å². The lowest BCUT2D eigenvalue weighted by molar-refractivity contribution is 0.0775. The van der Waals surface area contributed by atoms with E-state index in [-0.39, 0.29) is 0 Å². The lowest BCUT2D eigenvalue weighted by atomic mass is 9.63. The fourth-order valence-corrected chi connectivity index (χ4v) is 4.95. The zero-order chi connectivity index (χ0) is 19.7. The molecule has 0 heterocycles. The minimum atomic E-state index is 0.589. The van der Waals surface area contributed by atoms with Gasteiger partial charge in [-0.25, -0.2) is 0 Å². The second-order valence-electron chi connectivity index (χ2n) is 9.64. The van der Waals surface area contributed by atoms with Gasteiger partial charge in [0.2, 0.25) is 0 Å². The van der Waals surface area contributed by atoms with Gasteiger partial charge in [-0.3, -0.25) is 0 Å². The number of unbranched alkanes of at least 4 members (excludes halogenated alkanes) is 13. The van der Waals surface area contributed by atoms with Crippen LogP contribution in [0, 0.1) is 17.3 Å². The van der Waals surface area contributed by atoms with E-state index in [9.17, 15) is 0 Å². The standard InChI is InChI=1S/C26H54/c1-7-9-11-13-15-17-19-21-23-26(24(3)4,25(5)6)22-20-18-16-14-12-10-8-2/h24-25H,7-23H2,1-6H3. The smallest absolute Gasteiger partial charge is 0.0251 e. The average molecular weight is 367 g/mol. The van der Waals surface area contributed by atoms with Crippen molar-refractivity contribution in [1.29, 1.82) is 0 Å². The van der Waals surface area contributed by atoms with Crippen LogP contribution in [0.15, 0.2) is 0 Å². The van der Waals surface area contributed by atoms with Crippen molar-refractivity contribution in [1.82, 2.24) is 0 Å². The van der Waals surface area contributed by atoms with Gasteiger partial charge in [0.25, 0.3) is 0 Å². The Morgan fingerprint density at radius 3 is 0.962 bits per heavy atom. The molecule has 0 aromatic rings. The summed E-state index contributed by atoms with van der Waals surface area (Å²) >= 11 is 0. The molecule has 0 heteroatoms. The molecule has 0 spiro atoms. The van der Waals surface area contributed by atoms with Gasteiger partial charge in [-0.1, -0.05) is 138 Å². The van der Waals surface area contributed by atoms with Crippen molar-refractivity contribution in [2.45, 2.75) is 151 Å². The predicted octanol–water partition coefficient (Wildman–Crippen LogP) is 9.96. The highest BCUT2D eigenvalue weighted by Crippen LogP contribution is 2.45. The SMILES string of the molecule is CCCCCCCCCCC(CCCCCCCCC)(C(C)C)C(C)C. The fourth-order valence-electron chi connectivity index (χ4n) is 4.95. The molecule has 0 saturated heterocycles. The molecular weight excluding hydrogens is 312 g/mol. The Kier molecular flexibility index (Phi) is 17.1. The monoisotopic (exact) mass is 366 g/mol. The average Bonchev–Trinajstić information content (AvgIpc) is 2.60. The Bertz CT molecular complexity index is 268. The minimum absolute atomic E-state index is 0.589. The topological polar surface area (TPSA) is 0 Å². The third-order valence-electron chi connectivity index (χ3n) is 7.04. The van der Waals surface area contributed by atoms with Crippen molar-refractivity contribution in [3.63, 3.8) is 0 Å².